The van der Waals surface area contributed by atoms with Gasteiger partial charge in [-0.3, -0.25) is 9.59 Å². The Labute approximate surface area is 160 Å². The van der Waals surface area contributed by atoms with E-state index < -0.39 is 11.5 Å². The first-order valence-corrected chi connectivity index (χ1v) is 8.79. The average Bonchev–Trinajstić information content (AvgIpc) is 3.10. The normalized spacial score (nSPS) is 11.0. The minimum Gasteiger partial charge on any atom is -0.492 e. The smallest absolute Gasteiger partial charge is 0.293 e. The number of carbonyl (C=O) groups is 1. The number of anilines is 1. The number of nitrogens with one attached hydrogen (secondary N) is 1. The first-order chi connectivity index (χ1) is 13.4. The molecule has 1 N–H and O–H groups in total. The Kier molecular flexibility index (Phi) is 5.48. The highest BCUT2D eigenvalue weighted by Crippen LogP contribution is 2.17. The minimum atomic E-state index is -0.440. The van der Waals surface area contributed by atoms with Gasteiger partial charge in [0.1, 0.15) is 35.7 Å². The molecule has 3 rings (SSSR count). The topological polar surface area (TPSA) is 116 Å². The summed E-state index contributed by atoms with van der Waals surface area (Å²) in [6, 6.07) is 3.14. The highest BCUT2D eigenvalue weighted by atomic mass is 16.5. The molecule has 0 atom stereocenters. The van der Waals surface area contributed by atoms with Gasteiger partial charge in [-0.05, 0) is 13.0 Å². The second-order valence-electron chi connectivity index (χ2n) is 6.30. The molecule has 0 radical (unpaired) electrons. The van der Waals surface area contributed by atoms with E-state index in [0.717, 1.165) is 4.68 Å². The molecule has 0 saturated heterocycles. The van der Waals surface area contributed by atoms with E-state index in [1.54, 1.807) is 12.1 Å². The number of hydrogen-bond acceptors (Lipinski definition) is 7. The van der Waals surface area contributed by atoms with Gasteiger partial charge in [0.2, 0.25) is 5.91 Å². The molecular weight excluding hydrogens is 362 g/mol. The summed E-state index contributed by atoms with van der Waals surface area (Å²) in [6.07, 6.45) is 2.83. The quantitative estimate of drug-likeness (QED) is 0.614. The maximum atomic E-state index is 12.8. The van der Waals surface area contributed by atoms with Gasteiger partial charge in [-0.15, -0.1) is 0 Å². The van der Waals surface area contributed by atoms with Crippen molar-refractivity contribution in [3.8, 4) is 0 Å². The van der Waals surface area contributed by atoms with Crippen molar-refractivity contribution < 1.29 is 9.53 Å². The average molecular weight is 383 g/mol. The maximum absolute atomic E-state index is 12.8. The van der Waals surface area contributed by atoms with Gasteiger partial charge in [-0.2, -0.15) is 10.2 Å². The van der Waals surface area contributed by atoms with E-state index in [4.69, 9.17) is 4.74 Å². The molecule has 0 saturated carbocycles. The SMILES string of the molecule is C=C(OCC)c1cc2c(=O)n(CC(=O)Nc3ccncn3)nc(C(C)C)n2n1. The third kappa shape index (κ3) is 3.90. The molecule has 0 spiro atoms. The Balaban J connectivity index is 1.98. The zero-order valence-electron chi connectivity index (χ0n) is 15.9. The molecule has 0 unspecified atom stereocenters. The number of carbonyl (C=O) groups excluding carboxylic acids is 1. The Morgan fingerprint density at radius 2 is 2.14 bits per heavy atom. The molecule has 10 heteroatoms. The summed E-state index contributed by atoms with van der Waals surface area (Å²) < 4.78 is 7.98. The first kappa shape index (κ1) is 19.2. The Hall–Kier alpha value is -3.56. The molecule has 0 aliphatic carbocycles. The zero-order chi connectivity index (χ0) is 20.3. The van der Waals surface area contributed by atoms with Gasteiger partial charge in [0, 0.05) is 18.2 Å². The number of ether oxygens (including phenoxy) is 1. The van der Waals surface area contributed by atoms with Gasteiger partial charge in [0.25, 0.3) is 5.56 Å². The Morgan fingerprint density at radius 1 is 1.36 bits per heavy atom. The molecule has 1 amide bonds. The summed E-state index contributed by atoms with van der Waals surface area (Å²) in [6.45, 7) is 9.70. The predicted molar refractivity (Wildman–Crippen MR) is 103 cm³/mol. The molecule has 3 aromatic rings. The van der Waals surface area contributed by atoms with Crippen LogP contribution in [0.25, 0.3) is 11.3 Å². The third-order valence-corrected chi connectivity index (χ3v) is 3.87. The number of rotatable bonds is 7. The second kappa shape index (κ2) is 7.99. The Bertz CT molecular complexity index is 1070. The van der Waals surface area contributed by atoms with Crippen LogP contribution in [0, 0.1) is 0 Å². The first-order valence-electron chi connectivity index (χ1n) is 8.79. The lowest BCUT2D eigenvalue weighted by Gasteiger charge is -2.11. The largest absolute Gasteiger partial charge is 0.492 e. The third-order valence-electron chi connectivity index (χ3n) is 3.87. The van der Waals surface area contributed by atoms with Gasteiger partial charge in [0.05, 0.1) is 6.61 Å². The van der Waals surface area contributed by atoms with Gasteiger partial charge in [-0.1, -0.05) is 20.4 Å². The van der Waals surface area contributed by atoms with Crippen LogP contribution in [0.4, 0.5) is 5.82 Å². The van der Waals surface area contributed by atoms with E-state index in [-0.39, 0.29) is 12.5 Å². The molecule has 28 heavy (non-hydrogen) atoms. The van der Waals surface area contributed by atoms with Gasteiger partial charge < -0.3 is 10.1 Å². The van der Waals surface area contributed by atoms with E-state index in [1.165, 1.54) is 17.0 Å². The van der Waals surface area contributed by atoms with Crippen LogP contribution in [-0.4, -0.2) is 41.9 Å². The van der Waals surface area contributed by atoms with Crippen LogP contribution in [0.5, 0.6) is 0 Å². The highest BCUT2D eigenvalue weighted by Gasteiger charge is 2.19. The number of hydrogen-bond donors (Lipinski definition) is 1. The van der Waals surface area contributed by atoms with E-state index in [9.17, 15) is 9.59 Å². The summed E-state index contributed by atoms with van der Waals surface area (Å²) in [4.78, 5) is 32.9. The maximum Gasteiger partial charge on any atom is 0.293 e. The number of nitrogens with zero attached hydrogens (tertiary/aromatic N) is 6. The van der Waals surface area contributed by atoms with Crippen molar-refractivity contribution in [1.82, 2.24) is 29.4 Å². The lowest BCUT2D eigenvalue weighted by molar-refractivity contribution is -0.117. The van der Waals surface area contributed by atoms with Crippen LogP contribution < -0.4 is 10.9 Å². The zero-order valence-corrected chi connectivity index (χ0v) is 15.9. The molecular formula is C18H21N7O3. The van der Waals surface area contributed by atoms with E-state index >= 15 is 0 Å². The molecule has 0 aromatic carbocycles. The molecule has 146 valence electrons. The van der Waals surface area contributed by atoms with Gasteiger partial charge in [0.15, 0.2) is 5.82 Å². The fourth-order valence-corrected chi connectivity index (χ4v) is 2.59. The lowest BCUT2D eigenvalue weighted by atomic mass is 10.2. The number of fused-ring (bicyclic) bond motifs is 1. The van der Waals surface area contributed by atoms with E-state index in [2.05, 4.69) is 32.1 Å². The van der Waals surface area contributed by atoms with Crippen LogP contribution in [-0.2, 0) is 16.1 Å². The van der Waals surface area contributed by atoms with Crippen LogP contribution in [0.1, 0.15) is 38.2 Å². The standard InChI is InChI=1S/C18H21N7O3/c1-5-28-12(4)13-8-14-18(27)24(23-17(11(2)3)25(14)22-13)9-16(26)21-15-6-7-19-10-20-15/h6-8,10-11H,4-5,9H2,1-3H3,(H,19,20,21,26). The van der Waals surface area contributed by atoms with Crippen molar-refractivity contribution in [3.63, 3.8) is 0 Å². The molecule has 0 aliphatic heterocycles. The Morgan fingerprint density at radius 3 is 2.79 bits per heavy atom. The second-order valence-corrected chi connectivity index (χ2v) is 6.30. The van der Waals surface area contributed by atoms with Crippen molar-refractivity contribution in [3.05, 3.63) is 53.1 Å². The molecule has 3 heterocycles. The van der Waals surface area contributed by atoms with Gasteiger partial charge >= 0.3 is 0 Å². The minimum absolute atomic E-state index is 0.0348. The van der Waals surface area contributed by atoms with E-state index in [1.807, 2.05) is 20.8 Å². The van der Waals surface area contributed by atoms with Crippen molar-refractivity contribution >= 4 is 23.0 Å². The lowest BCUT2D eigenvalue weighted by Crippen LogP contribution is -2.32. The number of amides is 1. The van der Waals surface area contributed by atoms with Crippen LogP contribution in [0.3, 0.4) is 0 Å². The summed E-state index contributed by atoms with van der Waals surface area (Å²) in [5.41, 5.74) is 0.306. The van der Waals surface area contributed by atoms with Crippen molar-refractivity contribution in [2.75, 3.05) is 11.9 Å². The molecule has 0 bridgehead atoms. The molecule has 0 fully saturated rings. The van der Waals surface area contributed by atoms with E-state index in [0.29, 0.717) is 35.2 Å². The fourth-order valence-electron chi connectivity index (χ4n) is 2.59. The van der Waals surface area contributed by atoms with Crippen LogP contribution in [0.15, 0.2) is 36.0 Å². The summed E-state index contributed by atoms with van der Waals surface area (Å²) in [7, 11) is 0. The number of aromatic nitrogens is 6. The monoisotopic (exact) mass is 383 g/mol. The summed E-state index contributed by atoms with van der Waals surface area (Å²) in [5, 5.41) is 11.3. The summed E-state index contributed by atoms with van der Waals surface area (Å²) in [5.74, 6) is 0.796. The molecule has 0 aliphatic rings. The summed E-state index contributed by atoms with van der Waals surface area (Å²) >= 11 is 0. The predicted octanol–water partition coefficient (Wildman–Crippen LogP) is 1.45. The van der Waals surface area contributed by atoms with Crippen molar-refractivity contribution in [2.45, 2.75) is 33.2 Å². The molecule has 3 aromatic heterocycles. The highest BCUT2D eigenvalue weighted by molar-refractivity contribution is 5.89. The fraction of sp³-hybridized carbons (Fsp3) is 0.333. The van der Waals surface area contributed by atoms with Crippen LogP contribution >= 0.6 is 0 Å². The van der Waals surface area contributed by atoms with Crippen molar-refractivity contribution in [1.29, 1.82) is 0 Å². The van der Waals surface area contributed by atoms with Crippen molar-refractivity contribution in [2.24, 2.45) is 0 Å². The molecule has 10 nitrogen and oxygen atoms in total. The van der Waals surface area contributed by atoms with Crippen LogP contribution in [0.2, 0.25) is 0 Å². The van der Waals surface area contributed by atoms with Gasteiger partial charge in [-0.25, -0.2) is 19.2 Å².